The van der Waals surface area contributed by atoms with Crippen LogP contribution < -0.4 is 5.32 Å². The number of benzene rings is 1. The van der Waals surface area contributed by atoms with Crippen molar-refractivity contribution in [3.63, 3.8) is 0 Å². The van der Waals surface area contributed by atoms with Crippen molar-refractivity contribution >= 4 is 0 Å². The molecule has 0 spiro atoms. The van der Waals surface area contributed by atoms with Gasteiger partial charge in [0, 0.05) is 12.6 Å². The predicted molar refractivity (Wildman–Crippen MR) is 82.6 cm³/mol. The van der Waals surface area contributed by atoms with Gasteiger partial charge in [-0.3, -0.25) is 5.32 Å². The minimum atomic E-state index is 0.246. The predicted octanol–water partition coefficient (Wildman–Crippen LogP) is 3.62. The number of rotatable bonds is 7. The van der Waals surface area contributed by atoms with E-state index in [9.17, 15) is 0 Å². The van der Waals surface area contributed by atoms with Crippen molar-refractivity contribution in [3.8, 4) is 0 Å². The summed E-state index contributed by atoms with van der Waals surface area (Å²) >= 11 is 0. The van der Waals surface area contributed by atoms with Crippen LogP contribution >= 0.6 is 0 Å². The van der Waals surface area contributed by atoms with Gasteiger partial charge >= 0.3 is 0 Å². The van der Waals surface area contributed by atoms with Gasteiger partial charge in [0.2, 0.25) is 0 Å². The van der Waals surface area contributed by atoms with E-state index < -0.39 is 0 Å². The SMILES string of the molecule is CCC(NC(CN(C)C)c1ccccc1)c1ccco1. The highest BCUT2D eigenvalue weighted by molar-refractivity contribution is 5.20. The van der Waals surface area contributed by atoms with Crippen LogP contribution in [0.4, 0.5) is 0 Å². The highest BCUT2D eigenvalue weighted by Gasteiger charge is 2.19. The first-order valence-electron chi connectivity index (χ1n) is 7.19. The molecule has 20 heavy (non-hydrogen) atoms. The normalized spacial score (nSPS) is 14.4. The van der Waals surface area contributed by atoms with Gasteiger partial charge in [-0.25, -0.2) is 0 Å². The van der Waals surface area contributed by atoms with Gasteiger partial charge in [0.25, 0.3) is 0 Å². The van der Waals surface area contributed by atoms with E-state index in [1.54, 1.807) is 6.26 Å². The van der Waals surface area contributed by atoms with Crippen LogP contribution in [0, 0.1) is 0 Å². The summed E-state index contributed by atoms with van der Waals surface area (Å²) in [6.45, 7) is 3.14. The molecule has 0 aliphatic carbocycles. The average Bonchev–Trinajstić information content (AvgIpc) is 2.98. The fraction of sp³-hybridized carbons (Fsp3) is 0.412. The third kappa shape index (κ3) is 3.95. The van der Waals surface area contributed by atoms with E-state index in [0.717, 1.165) is 18.7 Å². The number of nitrogens with one attached hydrogen (secondary N) is 1. The Bertz CT molecular complexity index is 479. The lowest BCUT2D eigenvalue weighted by Gasteiger charge is -2.27. The molecular formula is C17H24N2O. The van der Waals surface area contributed by atoms with E-state index in [2.05, 4.69) is 61.6 Å². The van der Waals surface area contributed by atoms with E-state index in [1.807, 2.05) is 12.1 Å². The largest absolute Gasteiger partial charge is 0.468 e. The van der Waals surface area contributed by atoms with Crippen LogP contribution in [0.2, 0.25) is 0 Å². The Morgan fingerprint density at radius 1 is 1.05 bits per heavy atom. The lowest BCUT2D eigenvalue weighted by atomic mass is 10.0. The molecule has 1 N–H and O–H groups in total. The quantitative estimate of drug-likeness (QED) is 0.834. The first-order valence-corrected chi connectivity index (χ1v) is 7.19. The van der Waals surface area contributed by atoms with Gasteiger partial charge in [0.05, 0.1) is 12.3 Å². The van der Waals surface area contributed by atoms with E-state index in [0.29, 0.717) is 6.04 Å². The smallest absolute Gasteiger partial charge is 0.120 e. The maximum absolute atomic E-state index is 5.55. The Morgan fingerprint density at radius 3 is 2.35 bits per heavy atom. The van der Waals surface area contributed by atoms with Crippen LogP contribution in [0.5, 0.6) is 0 Å². The second kappa shape index (κ2) is 7.27. The van der Waals surface area contributed by atoms with Gasteiger partial charge in [0.1, 0.15) is 5.76 Å². The molecule has 2 rings (SSSR count). The molecule has 0 fully saturated rings. The number of nitrogens with zero attached hydrogens (tertiary/aromatic N) is 1. The van der Waals surface area contributed by atoms with E-state index >= 15 is 0 Å². The molecular weight excluding hydrogens is 248 g/mol. The topological polar surface area (TPSA) is 28.4 Å². The summed E-state index contributed by atoms with van der Waals surface area (Å²) in [5.74, 6) is 1.01. The first kappa shape index (κ1) is 14.8. The van der Waals surface area contributed by atoms with E-state index in [1.165, 1.54) is 5.56 Å². The number of hydrogen-bond acceptors (Lipinski definition) is 3. The summed E-state index contributed by atoms with van der Waals surface area (Å²) < 4.78 is 5.55. The van der Waals surface area contributed by atoms with Crippen molar-refractivity contribution in [3.05, 3.63) is 60.1 Å². The Hall–Kier alpha value is -1.58. The van der Waals surface area contributed by atoms with Crippen LogP contribution in [-0.4, -0.2) is 25.5 Å². The van der Waals surface area contributed by atoms with Crippen LogP contribution in [-0.2, 0) is 0 Å². The molecule has 2 aromatic rings. The summed E-state index contributed by atoms with van der Waals surface area (Å²) in [5.41, 5.74) is 1.31. The number of likely N-dealkylation sites (N-methyl/N-ethyl adjacent to an activating group) is 1. The van der Waals surface area contributed by atoms with Gasteiger partial charge in [-0.05, 0) is 38.2 Å². The summed E-state index contributed by atoms with van der Waals surface area (Å²) in [7, 11) is 4.21. The number of furan rings is 1. The second-order valence-electron chi connectivity index (χ2n) is 5.37. The van der Waals surface area contributed by atoms with Crippen molar-refractivity contribution in [2.75, 3.05) is 20.6 Å². The van der Waals surface area contributed by atoms with E-state index in [-0.39, 0.29) is 6.04 Å². The Balaban J connectivity index is 2.15. The van der Waals surface area contributed by atoms with Gasteiger partial charge in [-0.1, -0.05) is 37.3 Å². The van der Waals surface area contributed by atoms with Crippen LogP contribution in [0.1, 0.15) is 36.8 Å². The summed E-state index contributed by atoms with van der Waals surface area (Å²) in [6, 6.07) is 15.1. The van der Waals surface area contributed by atoms with Crippen molar-refractivity contribution in [2.45, 2.75) is 25.4 Å². The molecule has 0 aliphatic rings. The van der Waals surface area contributed by atoms with Crippen molar-refractivity contribution in [2.24, 2.45) is 0 Å². The zero-order chi connectivity index (χ0) is 14.4. The molecule has 0 saturated heterocycles. The molecule has 1 aromatic carbocycles. The van der Waals surface area contributed by atoms with Gasteiger partial charge in [-0.2, -0.15) is 0 Å². The fourth-order valence-corrected chi connectivity index (χ4v) is 2.44. The van der Waals surface area contributed by atoms with E-state index in [4.69, 9.17) is 4.42 Å². The van der Waals surface area contributed by atoms with Crippen molar-refractivity contribution < 1.29 is 4.42 Å². The van der Waals surface area contributed by atoms with Crippen molar-refractivity contribution in [1.82, 2.24) is 10.2 Å². The van der Waals surface area contributed by atoms with Gasteiger partial charge in [-0.15, -0.1) is 0 Å². The molecule has 1 heterocycles. The van der Waals surface area contributed by atoms with Gasteiger partial charge < -0.3 is 9.32 Å². The Morgan fingerprint density at radius 2 is 1.80 bits per heavy atom. The molecule has 3 heteroatoms. The molecule has 2 atom stereocenters. The molecule has 0 saturated carbocycles. The Kier molecular flexibility index (Phi) is 5.39. The zero-order valence-electron chi connectivity index (χ0n) is 12.5. The second-order valence-corrected chi connectivity index (χ2v) is 5.37. The molecule has 2 unspecified atom stereocenters. The highest BCUT2D eigenvalue weighted by Crippen LogP contribution is 2.23. The third-order valence-electron chi connectivity index (χ3n) is 3.45. The first-order chi connectivity index (χ1) is 9.70. The van der Waals surface area contributed by atoms with Gasteiger partial charge in [0.15, 0.2) is 0 Å². The standard InChI is InChI=1S/C17H24N2O/c1-4-15(17-11-8-12-20-17)18-16(13-19(2)3)14-9-6-5-7-10-14/h5-12,15-16,18H,4,13H2,1-3H3. The molecule has 1 aromatic heterocycles. The molecule has 0 bridgehead atoms. The maximum Gasteiger partial charge on any atom is 0.120 e. The van der Waals surface area contributed by atoms with Crippen LogP contribution in [0.25, 0.3) is 0 Å². The lowest BCUT2D eigenvalue weighted by Crippen LogP contribution is -2.33. The average molecular weight is 272 g/mol. The molecule has 3 nitrogen and oxygen atoms in total. The molecule has 108 valence electrons. The molecule has 0 aliphatic heterocycles. The maximum atomic E-state index is 5.55. The van der Waals surface area contributed by atoms with Crippen molar-refractivity contribution in [1.29, 1.82) is 0 Å². The van der Waals surface area contributed by atoms with Crippen LogP contribution in [0.15, 0.2) is 53.1 Å². The minimum absolute atomic E-state index is 0.246. The van der Waals surface area contributed by atoms with Crippen LogP contribution in [0.3, 0.4) is 0 Å². The minimum Gasteiger partial charge on any atom is -0.468 e. The zero-order valence-corrected chi connectivity index (χ0v) is 12.5. The highest BCUT2D eigenvalue weighted by atomic mass is 16.3. The third-order valence-corrected chi connectivity index (χ3v) is 3.45. The summed E-state index contributed by atoms with van der Waals surface area (Å²) in [5, 5.41) is 3.72. The summed E-state index contributed by atoms with van der Waals surface area (Å²) in [4.78, 5) is 2.21. The Labute approximate surface area is 121 Å². The monoisotopic (exact) mass is 272 g/mol. The summed E-state index contributed by atoms with van der Waals surface area (Å²) in [6.07, 6.45) is 2.74. The fourth-order valence-electron chi connectivity index (χ4n) is 2.44. The molecule has 0 radical (unpaired) electrons. The molecule has 0 amide bonds. The lowest BCUT2D eigenvalue weighted by molar-refractivity contribution is 0.300. The number of hydrogen-bond donors (Lipinski definition) is 1.